The lowest BCUT2D eigenvalue weighted by molar-refractivity contribution is 0.00822. The lowest BCUT2D eigenvalue weighted by Gasteiger charge is -2.34. The van der Waals surface area contributed by atoms with Gasteiger partial charge in [-0.15, -0.1) is 12.4 Å². The Morgan fingerprint density at radius 3 is 2.67 bits per heavy atom. The van der Waals surface area contributed by atoms with Crippen molar-refractivity contribution in [3.05, 3.63) is 17.7 Å². The van der Waals surface area contributed by atoms with Crippen LogP contribution in [0.15, 0.2) is 6.20 Å². The van der Waals surface area contributed by atoms with E-state index in [1.165, 1.54) is 0 Å². The number of hydrogen-bond donors (Lipinski definition) is 2. The largest absolute Gasteiger partial charge is 0.377 e. The summed E-state index contributed by atoms with van der Waals surface area (Å²) in [6.45, 7) is 11.4. The van der Waals surface area contributed by atoms with Crippen LogP contribution in [0.3, 0.4) is 0 Å². The fraction of sp³-hybridized carbons (Fsp3) is 0.737. The minimum absolute atomic E-state index is 0. The predicted molar refractivity (Wildman–Crippen MR) is 109 cm³/mol. The van der Waals surface area contributed by atoms with Crippen molar-refractivity contribution in [3.63, 3.8) is 0 Å². The highest BCUT2D eigenvalue weighted by atomic mass is 35.5. The lowest BCUT2D eigenvalue weighted by atomic mass is 9.83. The van der Waals surface area contributed by atoms with Gasteiger partial charge in [0, 0.05) is 24.3 Å². The molecule has 0 aliphatic heterocycles. The highest BCUT2D eigenvalue weighted by molar-refractivity contribution is 5.85. The molecule has 2 heterocycles. The fourth-order valence-corrected chi connectivity index (χ4v) is 3.62. The monoisotopic (exact) mass is 396 g/mol. The molecule has 0 unspecified atom stereocenters. The topological polar surface area (TPSA) is 94.6 Å². The number of aryl methyl sites for hydroxylation is 1. The lowest BCUT2D eigenvalue weighted by Crippen LogP contribution is -2.42. The Balaban J connectivity index is 0.00000261. The molecule has 0 spiro atoms. The first-order chi connectivity index (χ1) is 12.3. The minimum atomic E-state index is -0.141. The van der Waals surface area contributed by atoms with Gasteiger partial charge in [-0.3, -0.25) is 5.10 Å². The molecule has 0 amide bonds. The third-order valence-electron chi connectivity index (χ3n) is 5.08. The number of ether oxygens (including phenoxy) is 1. The highest BCUT2D eigenvalue weighted by Crippen LogP contribution is 2.36. The molecule has 8 heteroatoms. The van der Waals surface area contributed by atoms with Gasteiger partial charge in [0.15, 0.2) is 5.82 Å². The van der Waals surface area contributed by atoms with E-state index in [9.17, 15) is 0 Å². The third kappa shape index (κ3) is 4.70. The summed E-state index contributed by atoms with van der Waals surface area (Å²) in [6.07, 6.45) is 5.78. The summed E-state index contributed by atoms with van der Waals surface area (Å²) < 4.78 is 8.10. The molecular formula is C19H33ClN6O. The third-order valence-corrected chi connectivity index (χ3v) is 5.08. The molecule has 0 aromatic carbocycles. The van der Waals surface area contributed by atoms with Crippen molar-refractivity contribution >= 4 is 12.4 Å². The number of nitrogens with zero attached hydrogens (tertiary/aromatic N) is 4. The number of aromatic amines is 1. The smallest absolute Gasteiger partial charge is 0.184 e. The molecule has 3 rings (SSSR count). The van der Waals surface area contributed by atoms with Gasteiger partial charge >= 0.3 is 0 Å². The van der Waals surface area contributed by atoms with E-state index in [2.05, 4.69) is 42.6 Å². The van der Waals surface area contributed by atoms with E-state index in [1.54, 1.807) is 6.20 Å². The predicted octanol–water partition coefficient (Wildman–Crippen LogP) is 3.54. The molecule has 2 aromatic heterocycles. The number of nitrogens with two attached hydrogens (primary N) is 1. The second kappa shape index (κ2) is 8.71. The van der Waals surface area contributed by atoms with Crippen LogP contribution in [0.2, 0.25) is 0 Å². The fourth-order valence-electron chi connectivity index (χ4n) is 3.62. The Kier molecular flexibility index (Phi) is 7.05. The number of halogens is 1. The van der Waals surface area contributed by atoms with Gasteiger partial charge in [-0.2, -0.15) is 10.2 Å². The van der Waals surface area contributed by atoms with Gasteiger partial charge in [-0.05, 0) is 53.4 Å². The summed E-state index contributed by atoms with van der Waals surface area (Å²) in [7, 11) is 0. The van der Waals surface area contributed by atoms with E-state index in [4.69, 9.17) is 20.6 Å². The minimum Gasteiger partial charge on any atom is -0.377 e. The van der Waals surface area contributed by atoms with Gasteiger partial charge < -0.3 is 10.5 Å². The van der Waals surface area contributed by atoms with Gasteiger partial charge in [0.1, 0.15) is 5.82 Å². The number of aromatic nitrogens is 5. The zero-order valence-electron chi connectivity index (χ0n) is 17.0. The van der Waals surface area contributed by atoms with Crippen LogP contribution >= 0.6 is 12.4 Å². The first-order valence-corrected chi connectivity index (χ1v) is 9.66. The molecule has 7 nitrogen and oxygen atoms in total. The number of hydrogen-bond acceptors (Lipinski definition) is 5. The molecule has 152 valence electrons. The van der Waals surface area contributed by atoms with E-state index in [-0.39, 0.29) is 30.1 Å². The van der Waals surface area contributed by atoms with Crippen LogP contribution in [-0.4, -0.2) is 43.7 Å². The molecule has 3 N–H and O–H groups in total. The van der Waals surface area contributed by atoms with E-state index in [1.807, 2.05) is 6.92 Å². The first kappa shape index (κ1) is 21.9. The molecule has 1 saturated carbocycles. The van der Waals surface area contributed by atoms with Crippen LogP contribution in [0, 0.1) is 6.92 Å². The van der Waals surface area contributed by atoms with E-state index in [0.717, 1.165) is 55.2 Å². The van der Waals surface area contributed by atoms with E-state index in [0.29, 0.717) is 5.92 Å². The van der Waals surface area contributed by atoms with Crippen molar-refractivity contribution < 1.29 is 4.74 Å². The molecule has 1 aliphatic rings. The van der Waals surface area contributed by atoms with Crippen molar-refractivity contribution in [2.24, 2.45) is 5.73 Å². The molecule has 2 aromatic rings. The summed E-state index contributed by atoms with van der Waals surface area (Å²) in [5, 5.41) is 11.9. The maximum atomic E-state index is 6.31. The van der Waals surface area contributed by atoms with Gasteiger partial charge in [-0.1, -0.05) is 6.92 Å². The Morgan fingerprint density at radius 1 is 1.33 bits per heavy atom. The zero-order chi connectivity index (χ0) is 18.9. The van der Waals surface area contributed by atoms with Crippen LogP contribution in [-0.2, 0) is 10.3 Å². The summed E-state index contributed by atoms with van der Waals surface area (Å²) in [6, 6.07) is 0.111. The van der Waals surface area contributed by atoms with Crippen LogP contribution in [0.25, 0.3) is 11.4 Å². The average molecular weight is 397 g/mol. The van der Waals surface area contributed by atoms with Crippen LogP contribution < -0.4 is 5.73 Å². The highest BCUT2D eigenvalue weighted by Gasteiger charge is 2.34. The summed E-state index contributed by atoms with van der Waals surface area (Å²) in [4.78, 5) is 4.94. The first-order valence-electron chi connectivity index (χ1n) is 9.66. The Morgan fingerprint density at radius 2 is 2.07 bits per heavy atom. The molecule has 0 saturated heterocycles. The van der Waals surface area contributed by atoms with Gasteiger partial charge in [0.25, 0.3) is 0 Å². The van der Waals surface area contributed by atoms with Gasteiger partial charge in [-0.25, -0.2) is 9.67 Å². The SMILES string of the molecule is CCCO[C@@H]1C[C@@H](c2nc(-c3cn[nH]c3C)nn2C(C)(C)C)CC[C@H]1N.Cl. The van der Waals surface area contributed by atoms with Crippen molar-refractivity contribution in [2.75, 3.05) is 6.61 Å². The molecule has 0 radical (unpaired) electrons. The van der Waals surface area contributed by atoms with Crippen molar-refractivity contribution in [2.45, 2.75) is 83.9 Å². The molecular weight excluding hydrogens is 364 g/mol. The molecule has 27 heavy (non-hydrogen) atoms. The maximum absolute atomic E-state index is 6.31. The Hall–Kier alpha value is -1.44. The molecule has 1 aliphatic carbocycles. The average Bonchev–Trinajstić information content (AvgIpc) is 3.20. The summed E-state index contributed by atoms with van der Waals surface area (Å²) in [5.41, 5.74) is 8.11. The number of nitrogens with one attached hydrogen (secondary N) is 1. The van der Waals surface area contributed by atoms with Crippen LogP contribution in [0.5, 0.6) is 0 Å². The normalized spacial score (nSPS) is 23.3. The zero-order valence-corrected chi connectivity index (χ0v) is 17.8. The maximum Gasteiger partial charge on any atom is 0.184 e. The number of rotatable bonds is 5. The standard InChI is InChI=1S/C19H32N6O.ClH/c1-6-9-26-16-10-13(7-8-15(16)20)18-22-17(14-11-21-23-12(14)2)24-25(18)19(3,4)5;/h11,13,15-16H,6-10,20H2,1-5H3,(H,21,23);1H/t13-,15+,16+;/m0./s1. The summed E-state index contributed by atoms with van der Waals surface area (Å²) >= 11 is 0. The van der Waals surface area contributed by atoms with Crippen molar-refractivity contribution in [1.29, 1.82) is 0 Å². The molecule has 0 bridgehead atoms. The van der Waals surface area contributed by atoms with Crippen LogP contribution in [0.4, 0.5) is 0 Å². The molecule has 3 atom stereocenters. The number of H-pyrrole nitrogens is 1. The second-order valence-corrected chi connectivity index (χ2v) is 8.37. The summed E-state index contributed by atoms with van der Waals surface area (Å²) in [5.74, 6) is 2.08. The van der Waals surface area contributed by atoms with E-state index < -0.39 is 0 Å². The Labute approximate surface area is 167 Å². The van der Waals surface area contributed by atoms with E-state index >= 15 is 0 Å². The second-order valence-electron chi connectivity index (χ2n) is 8.37. The quantitative estimate of drug-likeness (QED) is 0.805. The van der Waals surface area contributed by atoms with Gasteiger partial charge in [0.2, 0.25) is 0 Å². The molecule has 1 fully saturated rings. The van der Waals surface area contributed by atoms with Gasteiger partial charge in [0.05, 0.1) is 23.4 Å². The van der Waals surface area contributed by atoms with Crippen molar-refractivity contribution in [1.82, 2.24) is 25.0 Å². The van der Waals surface area contributed by atoms with Crippen molar-refractivity contribution in [3.8, 4) is 11.4 Å². The Bertz CT molecular complexity index is 735. The van der Waals surface area contributed by atoms with Crippen LogP contribution in [0.1, 0.15) is 70.8 Å².